The molecule has 0 bridgehead atoms. The van der Waals surface area contributed by atoms with Gasteiger partial charge in [0.2, 0.25) is 0 Å². The number of rotatable bonds is 4. The molecule has 6 heteroatoms. The van der Waals surface area contributed by atoms with Gasteiger partial charge < -0.3 is 0 Å². The molecular formula is C14H10BrN3OS. The summed E-state index contributed by atoms with van der Waals surface area (Å²) in [5.74, 6) is 0.423. The van der Waals surface area contributed by atoms with Gasteiger partial charge in [-0.15, -0.1) is 10.2 Å². The fourth-order valence-electron chi connectivity index (χ4n) is 1.77. The Kier molecular flexibility index (Phi) is 3.84. The molecule has 0 atom stereocenters. The molecule has 0 saturated heterocycles. The van der Waals surface area contributed by atoms with Gasteiger partial charge in [0.15, 0.2) is 16.6 Å². The zero-order valence-electron chi connectivity index (χ0n) is 10.4. The molecule has 4 nitrogen and oxygen atoms in total. The Morgan fingerprint density at radius 2 is 1.95 bits per heavy atom. The first-order chi connectivity index (χ1) is 9.74. The lowest BCUT2D eigenvalue weighted by atomic mass is 10.2. The van der Waals surface area contributed by atoms with Crippen molar-refractivity contribution < 1.29 is 4.79 Å². The highest BCUT2D eigenvalue weighted by molar-refractivity contribution is 9.10. The molecule has 0 radical (unpaired) electrons. The number of halogens is 1. The summed E-state index contributed by atoms with van der Waals surface area (Å²) in [7, 11) is 0. The predicted octanol–water partition coefficient (Wildman–Crippen LogP) is 3.47. The number of aromatic nitrogens is 3. The number of fused-ring (bicyclic) bond motifs is 1. The van der Waals surface area contributed by atoms with Crippen molar-refractivity contribution >= 4 is 39.1 Å². The molecule has 1 aromatic carbocycles. The zero-order valence-corrected chi connectivity index (χ0v) is 12.8. The van der Waals surface area contributed by atoms with E-state index in [9.17, 15) is 4.79 Å². The van der Waals surface area contributed by atoms with Gasteiger partial charge in [0.05, 0.1) is 5.75 Å². The van der Waals surface area contributed by atoms with E-state index in [0.29, 0.717) is 11.3 Å². The summed E-state index contributed by atoms with van der Waals surface area (Å²) in [5.41, 5.74) is 1.49. The van der Waals surface area contributed by atoms with Gasteiger partial charge in [0.1, 0.15) is 0 Å². The minimum Gasteiger partial charge on any atom is -0.293 e. The standard InChI is InChI=1S/C14H10BrN3OS/c15-11-6-4-10(5-7-11)12(19)9-20-14-17-16-13-3-1-2-8-18(13)14/h1-8H,9H2. The topological polar surface area (TPSA) is 47.3 Å². The Morgan fingerprint density at radius 1 is 1.15 bits per heavy atom. The number of carbonyl (C=O) groups is 1. The quantitative estimate of drug-likeness (QED) is 0.535. The van der Waals surface area contributed by atoms with Crippen LogP contribution in [0.4, 0.5) is 0 Å². The third-order valence-electron chi connectivity index (χ3n) is 2.78. The van der Waals surface area contributed by atoms with Crippen LogP contribution in [0.3, 0.4) is 0 Å². The normalized spacial score (nSPS) is 10.8. The van der Waals surface area contributed by atoms with Gasteiger partial charge in [-0.2, -0.15) is 0 Å². The molecule has 2 aromatic heterocycles. The maximum Gasteiger partial charge on any atom is 0.196 e. The van der Waals surface area contributed by atoms with Gasteiger partial charge in [-0.3, -0.25) is 9.20 Å². The summed E-state index contributed by atoms with van der Waals surface area (Å²) in [6.07, 6.45) is 1.89. The van der Waals surface area contributed by atoms with Crippen LogP contribution >= 0.6 is 27.7 Å². The Labute approximate surface area is 128 Å². The lowest BCUT2D eigenvalue weighted by Crippen LogP contribution is -2.02. The molecule has 0 fully saturated rings. The van der Waals surface area contributed by atoms with Crippen molar-refractivity contribution in [3.8, 4) is 0 Å². The Morgan fingerprint density at radius 3 is 2.75 bits per heavy atom. The van der Waals surface area contributed by atoms with Crippen LogP contribution in [0.5, 0.6) is 0 Å². The smallest absolute Gasteiger partial charge is 0.196 e. The molecular weight excluding hydrogens is 338 g/mol. The SMILES string of the molecule is O=C(CSc1nnc2ccccn12)c1ccc(Br)cc1. The van der Waals surface area contributed by atoms with E-state index in [1.165, 1.54) is 11.8 Å². The van der Waals surface area contributed by atoms with Crippen LogP contribution in [0.25, 0.3) is 5.65 Å². The average Bonchev–Trinajstić information content (AvgIpc) is 2.89. The van der Waals surface area contributed by atoms with Crippen LogP contribution in [0.2, 0.25) is 0 Å². The van der Waals surface area contributed by atoms with Crippen LogP contribution in [0.1, 0.15) is 10.4 Å². The fourth-order valence-corrected chi connectivity index (χ4v) is 2.85. The highest BCUT2D eigenvalue weighted by atomic mass is 79.9. The summed E-state index contributed by atoms with van der Waals surface area (Å²) < 4.78 is 2.84. The predicted molar refractivity (Wildman–Crippen MR) is 82.2 cm³/mol. The number of Topliss-reactive ketones (excluding diaryl/α,β-unsaturated/α-hetero) is 1. The maximum absolute atomic E-state index is 12.1. The number of pyridine rings is 1. The summed E-state index contributed by atoms with van der Waals surface area (Å²) >= 11 is 4.75. The van der Waals surface area contributed by atoms with Gasteiger partial charge in [-0.25, -0.2) is 0 Å². The Bertz CT molecular complexity index is 754. The minimum atomic E-state index is 0.0789. The van der Waals surface area contributed by atoms with Crippen LogP contribution in [0, 0.1) is 0 Å². The number of hydrogen-bond acceptors (Lipinski definition) is 4. The van der Waals surface area contributed by atoms with E-state index in [2.05, 4.69) is 26.1 Å². The highest BCUT2D eigenvalue weighted by Crippen LogP contribution is 2.19. The van der Waals surface area contributed by atoms with Crippen molar-refractivity contribution in [2.45, 2.75) is 5.16 Å². The summed E-state index contributed by atoms with van der Waals surface area (Å²) in [5, 5.41) is 8.87. The van der Waals surface area contributed by atoms with Gasteiger partial charge >= 0.3 is 0 Å². The van der Waals surface area contributed by atoms with Crippen molar-refractivity contribution in [1.29, 1.82) is 0 Å². The number of nitrogens with zero attached hydrogens (tertiary/aromatic N) is 3. The second-order valence-electron chi connectivity index (χ2n) is 4.13. The van der Waals surface area contributed by atoms with E-state index in [4.69, 9.17) is 0 Å². The van der Waals surface area contributed by atoms with E-state index in [1.54, 1.807) is 0 Å². The van der Waals surface area contributed by atoms with E-state index in [1.807, 2.05) is 53.1 Å². The fraction of sp³-hybridized carbons (Fsp3) is 0.0714. The third kappa shape index (κ3) is 2.76. The number of hydrogen-bond donors (Lipinski definition) is 0. The van der Waals surface area contributed by atoms with E-state index >= 15 is 0 Å². The molecule has 0 N–H and O–H groups in total. The zero-order chi connectivity index (χ0) is 13.9. The van der Waals surface area contributed by atoms with Crippen LogP contribution in [0.15, 0.2) is 58.3 Å². The van der Waals surface area contributed by atoms with E-state index in [0.717, 1.165) is 15.3 Å². The van der Waals surface area contributed by atoms with Gasteiger partial charge in [0, 0.05) is 16.2 Å². The number of carbonyl (C=O) groups excluding carboxylic acids is 1. The molecule has 0 spiro atoms. The number of benzene rings is 1. The summed E-state index contributed by atoms with van der Waals surface area (Å²) in [4.78, 5) is 12.1. The molecule has 20 heavy (non-hydrogen) atoms. The van der Waals surface area contributed by atoms with E-state index < -0.39 is 0 Å². The first-order valence-corrected chi connectivity index (χ1v) is 7.73. The Hall–Kier alpha value is -1.66. The minimum absolute atomic E-state index is 0.0789. The van der Waals surface area contributed by atoms with Gasteiger partial charge in [-0.1, -0.05) is 45.9 Å². The monoisotopic (exact) mass is 347 g/mol. The van der Waals surface area contributed by atoms with Crippen molar-refractivity contribution in [1.82, 2.24) is 14.6 Å². The molecule has 100 valence electrons. The van der Waals surface area contributed by atoms with Gasteiger partial charge in [-0.05, 0) is 24.3 Å². The summed E-state index contributed by atoms with van der Waals surface area (Å²) in [6, 6.07) is 13.1. The molecule has 0 unspecified atom stereocenters. The molecule has 0 amide bonds. The lowest BCUT2D eigenvalue weighted by Gasteiger charge is -2.01. The van der Waals surface area contributed by atoms with Crippen LogP contribution in [-0.2, 0) is 0 Å². The highest BCUT2D eigenvalue weighted by Gasteiger charge is 2.10. The Balaban J connectivity index is 1.73. The number of ketones is 1. The first kappa shape index (κ1) is 13.3. The average molecular weight is 348 g/mol. The first-order valence-electron chi connectivity index (χ1n) is 5.95. The number of thioether (sulfide) groups is 1. The lowest BCUT2D eigenvalue weighted by molar-refractivity contribution is 0.102. The molecule has 0 aliphatic rings. The summed E-state index contributed by atoms with van der Waals surface area (Å²) in [6.45, 7) is 0. The van der Waals surface area contributed by atoms with Gasteiger partial charge in [0.25, 0.3) is 0 Å². The molecule has 0 aliphatic heterocycles. The molecule has 2 heterocycles. The molecule has 0 saturated carbocycles. The molecule has 3 rings (SSSR count). The van der Waals surface area contributed by atoms with Crippen molar-refractivity contribution in [2.24, 2.45) is 0 Å². The van der Waals surface area contributed by atoms with Crippen LogP contribution in [-0.4, -0.2) is 26.1 Å². The molecule has 3 aromatic rings. The van der Waals surface area contributed by atoms with Crippen molar-refractivity contribution in [3.63, 3.8) is 0 Å². The third-order valence-corrected chi connectivity index (χ3v) is 4.25. The largest absolute Gasteiger partial charge is 0.293 e. The second kappa shape index (κ2) is 5.76. The molecule has 0 aliphatic carbocycles. The van der Waals surface area contributed by atoms with Crippen molar-refractivity contribution in [3.05, 3.63) is 58.7 Å². The van der Waals surface area contributed by atoms with Crippen LogP contribution < -0.4 is 0 Å². The van der Waals surface area contributed by atoms with Crippen molar-refractivity contribution in [2.75, 3.05) is 5.75 Å². The second-order valence-corrected chi connectivity index (χ2v) is 5.99. The maximum atomic E-state index is 12.1. The van der Waals surface area contributed by atoms with E-state index in [-0.39, 0.29) is 5.78 Å².